The first kappa shape index (κ1) is 7.98. The number of pyridine rings is 1. The molecule has 0 radical (unpaired) electrons. The Kier molecular flexibility index (Phi) is 1.85. The number of fused-ring (bicyclic) bond motifs is 1. The van der Waals surface area contributed by atoms with Crippen LogP contribution < -0.4 is 4.74 Å². The van der Waals surface area contributed by atoms with Gasteiger partial charge < -0.3 is 4.74 Å². The Bertz CT molecular complexity index is 442. The summed E-state index contributed by atoms with van der Waals surface area (Å²) in [5.74, 6) is 0.231. The Labute approximate surface area is 75.0 Å². The molecule has 0 saturated heterocycles. The van der Waals surface area contributed by atoms with Gasteiger partial charge in [0.05, 0.1) is 7.11 Å². The van der Waals surface area contributed by atoms with Crippen molar-refractivity contribution >= 4 is 10.8 Å². The molecule has 3 heteroatoms. The minimum atomic E-state index is -0.308. The van der Waals surface area contributed by atoms with Crippen LogP contribution in [0.5, 0.6) is 5.75 Å². The van der Waals surface area contributed by atoms with Gasteiger partial charge in [-0.2, -0.15) is 0 Å². The van der Waals surface area contributed by atoms with E-state index in [1.165, 1.54) is 19.2 Å². The summed E-state index contributed by atoms with van der Waals surface area (Å²) >= 11 is 0. The number of methoxy groups -OCH3 is 1. The normalized spacial score (nSPS) is 10.3. The summed E-state index contributed by atoms with van der Waals surface area (Å²) in [7, 11) is 1.52. The molecule has 0 fully saturated rings. The van der Waals surface area contributed by atoms with E-state index in [1.54, 1.807) is 18.5 Å². The second kappa shape index (κ2) is 3.01. The van der Waals surface area contributed by atoms with Crippen molar-refractivity contribution in [3.05, 3.63) is 36.4 Å². The molecule has 0 saturated carbocycles. The van der Waals surface area contributed by atoms with E-state index in [2.05, 4.69) is 4.98 Å². The molecule has 13 heavy (non-hydrogen) atoms. The number of hydrogen-bond donors (Lipinski definition) is 0. The summed E-state index contributed by atoms with van der Waals surface area (Å²) in [5, 5.41) is 1.62. The highest BCUT2D eigenvalue weighted by molar-refractivity contribution is 5.87. The number of aromatic nitrogens is 1. The van der Waals surface area contributed by atoms with Crippen molar-refractivity contribution in [2.75, 3.05) is 7.11 Å². The van der Waals surface area contributed by atoms with Gasteiger partial charge >= 0.3 is 0 Å². The molecule has 0 N–H and O–H groups in total. The maximum Gasteiger partial charge on any atom is 0.129 e. The molecule has 0 aliphatic heterocycles. The fourth-order valence-corrected chi connectivity index (χ4v) is 1.31. The van der Waals surface area contributed by atoms with E-state index < -0.39 is 0 Å². The minimum absolute atomic E-state index is 0.308. The summed E-state index contributed by atoms with van der Waals surface area (Å²) in [6.07, 6.45) is 3.27. The van der Waals surface area contributed by atoms with E-state index in [9.17, 15) is 4.39 Å². The Morgan fingerprint density at radius 3 is 3.00 bits per heavy atom. The highest BCUT2D eigenvalue weighted by atomic mass is 19.1. The molecule has 0 unspecified atom stereocenters. The van der Waals surface area contributed by atoms with Gasteiger partial charge in [0, 0.05) is 29.2 Å². The molecule has 0 aliphatic rings. The first-order valence-corrected chi connectivity index (χ1v) is 3.88. The van der Waals surface area contributed by atoms with Crippen LogP contribution in [0.2, 0.25) is 0 Å². The fraction of sp³-hybridized carbons (Fsp3) is 0.100. The maximum atomic E-state index is 13.0. The smallest absolute Gasteiger partial charge is 0.129 e. The van der Waals surface area contributed by atoms with Gasteiger partial charge in [-0.1, -0.05) is 0 Å². The molecule has 66 valence electrons. The van der Waals surface area contributed by atoms with Crippen molar-refractivity contribution in [3.8, 4) is 5.75 Å². The van der Waals surface area contributed by atoms with E-state index in [1.807, 2.05) is 0 Å². The predicted octanol–water partition coefficient (Wildman–Crippen LogP) is 2.38. The van der Waals surface area contributed by atoms with E-state index in [-0.39, 0.29) is 5.82 Å². The van der Waals surface area contributed by atoms with Gasteiger partial charge in [0.2, 0.25) is 0 Å². The van der Waals surface area contributed by atoms with Gasteiger partial charge in [0.1, 0.15) is 11.6 Å². The Morgan fingerprint density at radius 1 is 1.38 bits per heavy atom. The zero-order chi connectivity index (χ0) is 9.26. The van der Waals surface area contributed by atoms with Crippen molar-refractivity contribution in [2.24, 2.45) is 0 Å². The molecule has 0 aliphatic carbocycles. The topological polar surface area (TPSA) is 22.1 Å². The van der Waals surface area contributed by atoms with Crippen LogP contribution in [0.15, 0.2) is 30.6 Å². The Hall–Kier alpha value is -1.64. The van der Waals surface area contributed by atoms with Crippen molar-refractivity contribution in [1.82, 2.24) is 4.98 Å². The monoisotopic (exact) mass is 177 g/mol. The van der Waals surface area contributed by atoms with Crippen LogP contribution >= 0.6 is 0 Å². The molecule has 0 atom stereocenters. The zero-order valence-corrected chi connectivity index (χ0v) is 7.12. The van der Waals surface area contributed by atoms with Crippen LogP contribution in [0.4, 0.5) is 4.39 Å². The number of halogens is 1. The van der Waals surface area contributed by atoms with Gasteiger partial charge in [0.25, 0.3) is 0 Å². The van der Waals surface area contributed by atoms with Crippen LogP contribution in [0.3, 0.4) is 0 Å². The second-order valence-electron chi connectivity index (χ2n) is 2.70. The molecule has 2 rings (SSSR count). The van der Waals surface area contributed by atoms with E-state index in [0.29, 0.717) is 5.75 Å². The second-order valence-corrected chi connectivity index (χ2v) is 2.70. The van der Waals surface area contributed by atoms with Crippen molar-refractivity contribution in [3.63, 3.8) is 0 Å². The first-order chi connectivity index (χ1) is 6.31. The average molecular weight is 177 g/mol. The molecule has 1 aromatic carbocycles. The molecular formula is C10H8FNO. The van der Waals surface area contributed by atoms with E-state index >= 15 is 0 Å². The molecule has 1 heterocycles. The molecule has 0 bridgehead atoms. The zero-order valence-electron chi connectivity index (χ0n) is 7.12. The highest BCUT2D eigenvalue weighted by Crippen LogP contribution is 2.25. The molecule has 1 aromatic heterocycles. The van der Waals surface area contributed by atoms with Crippen molar-refractivity contribution in [1.29, 1.82) is 0 Å². The number of nitrogens with zero attached hydrogens (tertiary/aromatic N) is 1. The van der Waals surface area contributed by atoms with Gasteiger partial charge in [0.15, 0.2) is 0 Å². The summed E-state index contributed by atoms with van der Waals surface area (Å²) in [4.78, 5) is 3.91. The molecule has 0 amide bonds. The predicted molar refractivity (Wildman–Crippen MR) is 48.3 cm³/mol. The maximum absolute atomic E-state index is 13.0. The van der Waals surface area contributed by atoms with Crippen LogP contribution in [-0.2, 0) is 0 Å². The number of benzene rings is 1. The van der Waals surface area contributed by atoms with Crippen LogP contribution in [-0.4, -0.2) is 12.1 Å². The SMILES string of the molecule is COc1cc(F)cc2cnccc12. The summed E-state index contributed by atoms with van der Waals surface area (Å²) in [6.45, 7) is 0. The number of rotatable bonds is 1. The Morgan fingerprint density at radius 2 is 2.23 bits per heavy atom. The average Bonchev–Trinajstić information content (AvgIpc) is 2.16. The van der Waals surface area contributed by atoms with E-state index in [0.717, 1.165) is 10.8 Å². The largest absolute Gasteiger partial charge is 0.496 e. The Balaban J connectivity index is 2.81. The highest BCUT2D eigenvalue weighted by Gasteiger charge is 2.03. The first-order valence-electron chi connectivity index (χ1n) is 3.88. The van der Waals surface area contributed by atoms with Gasteiger partial charge in [-0.3, -0.25) is 4.98 Å². The lowest BCUT2D eigenvalue weighted by molar-refractivity contribution is 0.416. The van der Waals surface area contributed by atoms with E-state index in [4.69, 9.17) is 4.74 Å². The molecule has 0 spiro atoms. The van der Waals surface area contributed by atoms with Gasteiger partial charge in [-0.05, 0) is 12.1 Å². The lowest BCUT2D eigenvalue weighted by Gasteiger charge is -2.04. The number of ether oxygens (including phenoxy) is 1. The minimum Gasteiger partial charge on any atom is -0.496 e. The van der Waals surface area contributed by atoms with Crippen LogP contribution in [0, 0.1) is 5.82 Å². The summed E-state index contributed by atoms with van der Waals surface area (Å²) < 4.78 is 18.0. The number of hydrogen-bond acceptors (Lipinski definition) is 2. The third-order valence-corrected chi connectivity index (χ3v) is 1.90. The van der Waals surface area contributed by atoms with Gasteiger partial charge in [-0.25, -0.2) is 4.39 Å². The third-order valence-electron chi connectivity index (χ3n) is 1.90. The molecule has 2 aromatic rings. The summed E-state index contributed by atoms with van der Waals surface area (Å²) in [5.41, 5.74) is 0. The fourth-order valence-electron chi connectivity index (χ4n) is 1.31. The third kappa shape index (κ3) is 1.33. The lowest BCUT2D eigenvalue weighted by Crippen LogP contribution is -1.87. The van der Waals surface area contributed by atoms with Crippen LogP contribution in [0.1, 0.15) is 0 Å². The van der Waals surface area contributed by atoms with Gasteiger partial charge in [-0.15, -0.1) is 0 Å². The molecular weight excluding hydrogens is 169 g/mol. The van der Waals surface area contributed by atoms with Crippen LogP contribution in [0.25, 0.3) is 10.8 Å². The standard InChI is InChI=1S/C10H8FNO/c1-13-10-5-8(11)4-7-6-12-3-2-9(7)10/h2-6H,1H3. The summed E-state index contributed by atoms with van der Waals surface area (Å²) in [6, 6.07) is 4.60. The van der Waals surface area contributed by atoms with Crippen molar-refractivity contribution < 1.29 is 9.13 Å². The molecule has 2 nitrogen and oxygen atoms in total. The lowest BCUT2D eigenvalue weighted by atomic mass is 10.1. The van der Waals surface area contributed by atoms with Crippen molar-refractivity contribution in [2.45, 2.75) is 0 Å². The quantitative estimate of drug-likeness (QED) is 0.667.